The SMILES string of the molecule is CC(C)CNc1nccc(C(=O)Nc2cccc(Br)c2)n1. The van der Waals surface area contributed by atoms with Gasteiger partial charge in [0.1, 0.15) is 5.69 Å². The van der Waals surface area contributed by atoms with Gasteiger partial charge in [-0.15, -0.1) is 0 Å². The summed E-state index contributed by atoms with van der Waals surface area (Å²) in [5.41, 5.74) is 1.04. The van der Waals surface area contributed by atoms with E-state index in [4.69, 9.17) is 0 Å². The van der Waals surface area contributed by atoms with Crippen molar-refractivity contribution in [3.05, 3.63) is 46.7 Å². The van der Waals surface area contributed by atoms with Crippen molar-refractivity contribution in [2.45, 2.75) is 13.8 Å². The van der Waals surface area contributed by atoms with E-state index in [1.807, 2.05) is 24.3 Å². The molecule has 2 aromatic rings. The van der Waals surface area contributed by atoms with E-state index in [2.05, 4.69) is 50.4 Å². The van der Waals surface area contributed by atoms with Crippen LogP contribution in [-0.2, 0) is 0 Å². The second-order valence-corrected chi connectivity index (χ2v) is 5.92. The van der Waals surface area contributed by atoms with E-state index >= 15 is 0 Å². The number of carbonyl (C=O) groups is 1. The van der Waals surface area contributed by atoms with Crippen LogP contribution in [-0.4, -0.2) is 22.4 Å². The van der Waals surface area contributed by atoms with Crippen molar-refractivity contribution in [2.24, 2.45) is 5.92 Å². The van der Waals surface area contributed by atoms with Gasteiger partial charge in [-0.25, -0.2) is 9.97 Å². The molecule has 2 N–H and O–H groups in total. The Morgan fingerprint density at radius 2 is 2.14 bits per heavy atom. The maximum atomic E-state index is 12.2. The standard InChI is InChI=1S/C15H17BrN4O/c1-10(2)9-18-15-17-7-6-13(20-15)14(21)19-12-5-3-4-11(16)8-12/h3-8,10H,9H2,1-2H3,(H,19,21)(H,17,18,20). The summed E-state index contributed by atoms with van der Waals surface area (Å²) in [5, 5.41) is 5.91. The predicted molar refractivity (Wildman–Crippen MR) is 87.5 cm³/mol. The summed E-state index contributed by atoms with van der Waals surface area (Å²) < 4.78 is 0.905. The number of benzene rings is 1. The zero-order valence-corrected chi connectivity index (χ0v) is 13.5. The molecular formula is C15H17BrN4O. The van der Waals surface area contributed by atoms with Gasteiger partial charge in [0.15, 0.2) is 0 Å². The summed E-state index contributed by atoms with van der Waals surface area (Å²) in [6.07, 6.45) is 1.57. The Morgan fingerprint density at radius 1 is 1.33 bits per heavy atom. The molecule has 0 saturated heterocycles. The van der Waals surface area contributed by atoms with Crippen molar-refractivity contribution in [3.63, 3.8) is 0 Å². The van der Waals surface area contributed by atoms with E-state index < -0.39 is 0 Å². The minimum absolute atomic E-state index is 0.261. The number of hydrogen-bond donors (Lipinski definition) is 2. The minimum Gasteiger partial charge on any atom is -0.354 e. The van der Waals surface area contributed by atoms with E-state index in [0.717, 1.165) is 11.0 Å². The topological polar surface area (TPSA) is 66.9 Å². The van der Waals surface area contributed by atoms with Crippen molar-refractivity contribution < 1.29 is 4.79 Å². The van der Waals surface area contributed by atoms with Crippen LogP contribution in [0, 0.1) is 5.92 Å². The Kier molecular flexibility index (Phi) is 5.27. The summed E-state index contributed by atoms with van der Waals surface area (Å²) in [5.74, 6) is 0.682. The first kappa shape index (κ1) is 15.4. The van der Waals surface area contributed by atoms with Crippen LogP contribution in [0.25, 0.3) is 0 Å². The van der Waals surface area contributed by atoms with Crippen LogP contribution in [0.15, 0.2) is 41.0 Å². The quantitative estimate of drug-likeness (QED) is 0.866. The third-order valence-corrected chi connectivity index (χ3v) is 3.13. The fourth-order valence-electron chi connectivity index (χ4n) is 1.63. The lowest BCUT2D eigenvalue weighted by Gasteiger charge is -2.09. The van der Waals surface area contributed by atoms with E-state index in [1.165, 1.54) is 0 Å². The van der Waals surface area contributed by atoms with Crippen LogP contribution in [0.1, 0.15) is 24.3 Å². The van der Waals surface area contributed by atoms with Crippen LogP contribution in [0.4, 0.5) is 11.6 Å². The highest BCUT2D eigenvalue weighted by Crippen LogP contribution is 2.16. The molecule has 1 aromatic carbocycles. The number of halogens is 1. The molecule has 0 aliphatic heterocycles. The van der Waals surface area contributed by atoms with Gasteiger partial charge in [0.2, 0.25) is 5.95 Å². The third-order valence-electron chi connectivity index (χ3n) is 2.64. The predicted octanol–water partition coefficient (Wildman–Crippen LogP) is 3.56. The Bertz CT molecular complexity index is 631. The highest BCUT2D eigenvalue weighted by molar-refractivity contribution is 9.10. The molecule has 1 aromatic heterocycles. The number of nitrogens with zero attached hydrogens (tertiary/aromatic N) is 2. The molecule has 0 bridgehead atoms. The number of hydrogen-bond acceptors (Lipinski definition) is 4. The van der Waals surface area contributed by atoms with E-state index in [1.54, 1.807) is 12.3 Å². The first-order valence-corrected chi connectivity index (χ1v) is 7.48. The maximum Gasteiger partial charge on any atom is 0.274 e. The molecule has 0 radical (unpaired) electrons. The summed E-state index contributed by atoms with van der Waals surface area (Å²) in [4.78, 5) is 20.5. The van der Waals surface area contributed by atoms with Gasteiger partial charge in [0.25, 0.3) is 5.91 Å². The van der Waals surface area contributed by atoms with E-state index in [9.17, 15) is 4.79 Å². The minimum atomic E-state index is -0.261. The average molecular weight is 349 g/mol. The molecule has 0 aliphatic carbocycles. The largest absolute Gasteiger partial charge is 0.354 e. The van der Waals surface area contributed by atoms with Crippen LogP contribution < -0.4 is 10.6 Å². The zero-order valence-electron chi connectivity index (χ0n) is 11.9. The van der Waals surface area contributed by atoms with Gasteiger partial charge in [-0.1, -0.05) is 35.8 Å². The Morgan fingerprint density at radius 3 is 2.86 bits per heavy atom. The lowest BCUT2D eigenvalue weighted by molar-refractivity contribution is 0.102. The Hall–Kier alpha value is -1.95. The summed E-state index contributed by atoms with van der Waals surface area (Å²) in [6, 6.07) is 9.00. The molecule has 0 fully saturated rings. The molecule has 1 amide bonds. The first-order valence-electron chi connectivity index (χ1n) is 6.68. The first-order chi connectivity index (χ1) is 10.0. The summed E-state index contributed by atoms with van der Waals surface area (Å²) >= 11 is 3.37. The summed E-state index contributed by atoms with van der Waals surface area (Å²) in [7, 11) is 0. The van der Waals surface area contributed by atoms with Gasteiger partial charge in [-0.3, -0.25) is 4.79 Å². The number of amides is 1. The zero-order chi connectivity index (χ0) is 15.2. The molecule has 1 heterocycles. The van der Waals surface area contributed by atoms with Crippen molar-refractivity contribution in [2.75, 3.05) is 17.2 Å². The molecular weight excluding hydrogens is 332 g/mol. The second kappa shape index (κ2) is 7.17. The molecule has 5 nitrogen and oxygen atoms in total. The van der Waals surface area contributed by atoms with Crippen LogP contribution >= 0.6 is 15.9 Å². The molecule has 0 saturated carbocycles. The molecule has 0 spiro atoms. The molecule has 110 valence electrons. The normalized spacial score (nSPS) is 10.5. The van der Waals surface area contributed by atoms with Crippen LogP contribution in [0.5, 0.6) is 0 Å². The second-order valence-electron chi connectivity index (χ2n) is 5.00. The highest BCUT2D eigenvalue weighted by Gasteiger charge is 2.09. The van der Waals surface area contributed by atoms with Gasteiger partial charge >= 0.3 is 0 Å². The van der Waals surface area contributed by atoms with Gasteiger partial charge in [0, 0.05) is 22.9 Å². The number of rotatable bonds is 5. The maximum absolute atomic E-state index is 12.2. The third kappa shape index (κ3) is 4.82. The van der Waals surface area contributed by atoms with Crippen molar-refractivity contribution in [1.82, 2.24) is 9.97 Å². The average Bonchev–Trinajstić information content (AvgIpc) is 2.45. The lowest BCUT2D eigenvalue weighted by Crippen LogP contribution is -2.16. The van der Waals surface area contributed by atoms with Crippen molar-refractivity contribution >= 4 is 33.5 Å². The monoisotopic (exact) mass is 348 g/mol. The van der Waals surface area contributed by atoms with Gasteiger partial charge < -0.3 is 10.6 Å². The fourth-order valence-corrected chi connectivity index (χ4v) is 2.03. The molecule has 6 heteroatoms. The Labute approximate surface area is 132 Å². The summed E-state index contributed by atoms with van der Waals surface area (Å²) in [6.45, 7) is 4.95. The number of aromatic nitrogens is 2. The number of nitrogens with one attached hydrogen (secondary N) is 2. The van der Waals surface area contributed by atoms with Gasteiger partial charge in [0.05, 0.1) is 0 Å². The molecule has 0 atom stereocenters. The van der Waals surface area contributed by atoms with Gasteiger partial charge in [-0.2, -0.15) is 0 Å². The number of anilines is 2. The number of carbonyl (C=O) groups excluding carboxylic acids is 1. The van der Waals surface area contributed by atoms with Gasteiger partial charge in [-0.05, 0) is 30.2 Å². The van der Waals surface area contributed by atoms with Crippen LogP contribution in [0.3, 0.4) is 0 Å². The van der Waals surface area contributed by atoms with E-state index in [0.29, 0.717) is 23.2 Å². The Balaban J connectivity index is 2.07. The van der Waals surface area contributed by atoms with Crippen molar-refractivity contribution in [1.29, 1.82) is 0 Å². The molecule has 0 unspecified atom stereocenters. The van der Waals surface area contributed by atoms with Crippen LogP contribution in [0.2, 0.25) is 0 Å². The fraction of sp³-hybridized carbons (Fsp3) is 0.267. The highest BCUT2D eigenvalue weighted by atomic mass is 79.9. The molecule has 2 rings (SSSR count). The van der Waals surface area contributed by atoms with Crippen molar-refractivity contribution in [3.8, 4) is 0 Å². The molecule has 0 aliphatic rings. The van der Waals surface area contributed by atoms with E-state index in [-0.39, 0.29) is 5.91 Å². The lowest BCUT2D eigenvalue weighted by atomic mass is 10.2. The molecule has 21 heavy (non-hydrogen) atoms. The smallest absolute Gasteiger partial charge is 0.274 e.